The van der Waals surface area contributed by atoms with E-state index in [1.807, 2.05) is 0 Å². The number of rotatable bonds is 4. The standard InChI is InChI=1S/C16H21NO5/c1-5-21-15(19)10-7-8-11-12(14(10)18)9(3)13(17(11)4)16(20)22-6-2/h10H,5-8H2,1-4H3. The van der Waals surface area contributed by atoms with Crippen LogP contribution in [0.3, 0.4) is 0 Å². The van der Waals surface area contributed by atoms with E-state index in [0.29, 0.717) is 29.7 Å². The summed E-state index contributed by atoms with van der Waals surface area (Å²) < 4.78 is 11.7. The van der Waals surface area contributed by atoms with Crippen molar-refractivity contribution in [3.63, 3.8) is 0 Å². The number of Topliss-reactive ketones (excluding diaryl/α,β-unsaturated/α-hetero) is 1. The molecule has 0 aromatic carbocycles. The summed E-state index contributed by atoms with van der Waals surface area (Å²) in [6.45, 7) is 5.68. The van der Waals surface area contributed by atoms with Crippen molar-refractivity contribution in [2.75, 3.05) is 13.2 Å². The number of nitrogens with zero attached hydrogens (tertiary/aromatic N) is 1. The number of esters is 2. The van der Waals surface area contributed by atoms with Gasteiger partial charge in [0.05, 0.1) is 13.2 Å². The van der Waals surface area contributed by atoms with Gasteiger partial charge in [0.2, 0.25) is 0 Å². The fourth-order valence-electron chi connectivity index (χ4n) is 3.05. The van der Waals surface area contributed by atoms with Gasteiger partial charge in [0.15, 0.2) is 5.78 Å². The van der Waals surface area contributed by atoms with Crippen molar-refractivity contribution < 1.29 is 23.9 Å². The van der Waals surface area contributed by atoms with Gasteiger partial charge in [0.25, 0.3) is 0 Å². The van der Waals surface area contributed by atoms with E-state index in [9.17, 15) is 14.4 Å². The molecule has 1 aliphatic carbocycles. The second-order valence-corrected chi connectivity index (χ2v) is 5.28. The molecule has 2 rings (SSSR count). The fourth-order valence-corrected chi connectivity index (χ4v) is 3.05. The molecule has 0 bridgehead atoms. The molecule has 0 amide bonds. The lowest BCUT2D eigenvalue weighted by molar-refractivity contribution is -0.146. The van der Waals surface area contributed by atoms with Crippen LogP contribution >= 0.6 is 0 Å². The number of carbonyl (C=O) groups excluding carboxylic acids is 3. The maximum atomic E-state index is 12.6. The van der Waals surface area contributed by atoms with Crippen molar-refractivity contribution in [3.8, 4) is 0 Å². The van der Waals surface area contributed by atoms with Crippen LogP contribution in [0.5, 0.6) is 0 Å². The largest absolute Gasteiger partial charge is 0.465 e. The summed E-state index contributed by atoms with van der Waals surface area (Å²) in [5.41, 5.74) is 2.21. The lowest BCUT2D eigenvalue weighted by Crippen LogP contribution is -2.31. The third-order valence-electron chi connectivity index (χ3n) is 4.03. The number of hydrogen-bond acceptors (Lipinski definition) is 5. The molecule has 1 heterocycles. The first-order chi connectivity index (χ1) is 10.4. The minimum Gasteiger partial charge on any atom is -0.465 e. The van der Waals surface area contributed by atoms with E-state index >= 15 is 0 Å². The van der Waals surface area contributed by atoms with Crippen LogP contribution in [0, 0.1) is 12.8 Å². The van der Waals surface area contributed by atoms with E-state index in [0.717, 1.165) is 5.69 Å². The first-order valence-corrected chi connectivity index (χ1v) is 7.50. The Labute approximate surface area is 129 Å². The Morgan fingerprint density at radius 1 is 1.23 bits per heavy atom. The zero-order chi connectivity index (χ0) is 16.4. The van der Waals surface area contributed by atoms with E-state index in [-0.39, 0.29) is 19.0 Å². The smallest absolute Gasteiger partial charge is 0.355 e. The maximum absolute atomic E-state index is 12.6. The molecule has 1 aliphatic rings. The molecule has 1 unspecified atom stereocenters. The fraction of sp³-hybridized carbons (Fsp3) is 0.562. The second-order valence-electron chi connectivity index (χ2n) is 5.28. The van der Waals surface area contributed by atoms with Crippen LogP contribution in [0.4, 0.5) is 0 Å². The Morgan fingerprint density at radius 3 is 2.45 bits per heavy atom. The molecule has 0 N–H and O–H groups in total. The Morgan fingerprint density at radius 2 is 1.86 bits per heavy atom. The van der Waals surface area contributed by atoms with Gasteiger partial charge in [-0.2, -0.15) is 0 Å². The average molecular weight is 307 g/mol. The molecule has 0 fully saturated rings. The van der Waals surface area contributed by atoms with Crippen molar-refractivity contribution in [3.05, 3.63) is 22.5 Å². The highest BCUT2D eigenvalue weighted by Gasteiger charge is 2.38. The minimum absolute atomic E-state index is 0.247. The molecule has 1 aromatic heterocycles. The van der Waals surface area contributed by atoms with Gasteiger partial charge in [-0.25, -0.2) is 4.79 Å². The van der Waals surface area contributed by atoms with Crippen molar-refractivity contribution >= 4 is 17.7 Å². The monoisotopic (exact) mass is 307 g/mol. The molecule has 6 heteroatoms. The normalized spacial score (nSPS) is 17.1. The third kappa shape index (κ3) is 2.53. The highest BCUT2D eigenvalue weighted by atomic mass is 16.5. The zero-order valence-corrected chi connectivity index (χ0v) is 13.4. The van der Waals surface area contributed by atoms with Crippen molar-refractivity contribution in [1.82, 2.24) is 4.57 Å². The highest BCUT2D eigenvalue weighted by Crippen LogP contribution is 2.32. The zero-order valence-electron chi connectivity index (χ0n) is 13.4. The number of carbonyl (C=O) groups is 3. The quantitative estimate of drug-likeness (QED) is 0.626. The van der Waals surface area contributed by atoms with Crippen LogP contribution < -0.4 is 0 Å². The molecule has 1 atom stereocenters. The van der Waals surface area contributed by atoms with Crippen molar-refractivity contribution in [2.24, 2.45) is 13.0 Å². The van der Waals surface area contributed by atoms with E-state index in [4.69, 9.17) is 9.47 Å². The molecule has 0 saturated heterocycles. The molecule has 22 heavy (non-hydrogen) atoms. The lowest BCUT2D eigenvalue weighted by atomic mass is 9.84. The van der Waals surface area contributed by atoms with Crippen LogP contribution in [0.2, 0.25) is 0 Å². The first kappa shape index (κ1) is 16.3. The van der Waals surface area contributed by atoms with E-state index in [2.05, 4.69) is 0 Å². The summed E-state index contributed by atoms with van der Waals surface area (Å²) in [6.07, 6.45) is 0.964. The Kier molecular flexibility index (Phi) is 4.68. The number of ketones is 1. The predicted octanol–water partition coefficient (Wildman–Crippen LogP) is 1.82. The summed E-state index contributed by atoms with van der Waals surface area (Å²) in [5.74, 6) is -1.97. The number of aromatic nitrogens is 1. The summed E-state index contributed by atoms with van der Waals surface area (Å²) in [7, 11) is 1.75. The molecule has 6 nitrogen and oxygen atoms in total. The molecule has 0 spiro atoms. The summed E-state index contributed by atoms with van der Waals surface area (Å²) in [6, 6.07) is 0. The average Bonchev–Trinajstić information content (AvgIpc) is 2.72. The van der Waals surface area contributed by atoms with Gasteiger partial charge >= 0.3 is 11.9 Å². The summed E-state index contributed by atoms with van der Waals surface area (Å²) >= 11 is 0. The predicted molar refractivity (Wildman–Crippen MR) is 78.9 cm³/mol. The van der Waals surface area contributed by atoms with Crippen LogP contribution in [0.15, 0.2) is 0 Å². The van der Waals surface area contributed by atoms with E-state index in [1.54, 1.807) is 32.4 Å². The molecule has 0 aliphatic heterocycles. The van der Waals surface area contributed by atoms with Gasteiger partial charge in [-0.1, -0.05) is 0 Å². The summed E-state index contributed by atoms with van der Waals surface area (Å²) in [4.78, 5) is 36.6. The molecular weight excluding hydrogens is 286 g/mol. The van der Waals surface area contributed by atoms with Crippen LogP contribution in [-0.2, 0) is 27.7 Å². The van der Waals surface area contributed by atoms with Crippen LogP contribution in [-0.4, -0.2) is 35.5 Å². The van der Waals surface area contributed by atoms with Gasteiger partial charge in [-0.3, -0.25) is 9.59 Å². The summed E-state index contributed by atoms with van der Waals surface area (Å²) in [5, 5.41) is 0. The van der Waals surface area contributed by atoms with E-state index in [1.165, 1.54) is 0 Å². The minimum atomic E-state index is -0.774. The Balaban J connectivity index is 2.43. The molecule has 0 saturated carbocycles. The maximum Gasteiger partial charge on any atom is 0.355 e. The van der Waals surface area contributed by atoms with Gasteiger partial charge < -0.3 is 14.0 Å². The van der Waals surface area contributed by atoms with Gasteiger partial charge in [-0.05, 0) is 39.2 Å². The lowest BCUT2D eigenvalue weighted by Gasteiger charge is -2.20. The topological polar surface area (TPSA) is 74.6 Å². The SMILES string of the molecule is CCOC(=O)c1c(C)c2c(n1C)CCC(C(=O)OCC)C2=O. The highest BCUT2D eigenvalue weighted by molar-refractivity contribution is 6.12. The molecule has 0 radical (unpaired) electrons. The number of ether oxygens (including phenoxy) is 2. The Hall–Kier alpha value is -2.11. The van der Waals surface area contributed by atoms with Gasteiger partial charge in [0, 0.05) is 18.3 Å². The molecule has 120 valence electrons. The number of hydrogen-bond donors (Lipinski definition) is 0. The first-order valence-electron chi connectivity index (χ1n) is 7.50. The third-order valence-corrected chi connectivity index (χ3v) is 4.03. The Bertz CT molecular complexity index is 629. The van der Waals surface area contributed by atoms with Gasteiger partial charge in [-0.15, -0.1) is 0 Å². The van der Waals surface area contributed by atoms with Crippen LogP contribution in [0.1, 0.15) is 52.4 Å². The number of fused-ring (bicyclic) bond motifs is 1. The second kappa shape index (κ2) is 6.34. The van der Waals surface area contributed by atoms with Crippen LogP contribution in [0.25, 0.3) is 0 Å². The van der Waals surface area contributed by atoms with E-state index < -0.39 is 17.9 Å². The molecule has 1 aromatic rings. The van der Waals surface area contributed by atoms with Crippen molar-refractivity contribution in [2.45, 2.75) is 33.6 Å². The van der Waals surface area contributed by atoms with Gasteiger partial charge in [0.1, 0.15) is 11.6 Å². The molecular formula is C16H21NO5. The van der Waals surface area contributed by atoms with Crippen molar-refractivity contribution in [1.29, 1.82) is 0 Å².